The van der Waals surface area contributed by atoms with E-state index in [1.165, 1.54) is 5.56 Å². The number of hydrogen-bond acceptors (Lipinski definition) is 8. The quantitative estimate of drug-likeness (QED) is 0.509. The maximum absolute atomic E-state index is 11.6. The first-order valence-corrected chi connectivity index (χ1v) is 13.0. The lowest BCUT2D eigenvalue weighted by molar-refractivity contribution is -0.116. The number of unbranched alkanes of at least 4 members (excludes halogenated alkanes) is 1. The fraction of sp³-hybridized carbons (Fsp3) is 0.435. The molecule has 9 nitrogen and oxygen atoms in total. The van der Waals surface area contributed by atoms with Crippen LogP contribution in [0.3, 0.4) is 0 Å². The highest BCUT2D eigenvalue weighted by molar-refractivity contribution is 7.59. The zero-order chi connectivity index (χ0) is 25.4. The number of nitrogens with zero attached hydrogens (tertiary/aromatic N) is 2. The second kappa shape index (κ2) is 13.0. The lowest BCUT2D eigenvalue weighted by atomic mass is 10.0. The summed E-state index contributed by atoms with van der Waals surface area (Å²) in [5.74, 6) is 0.885. The number of fused-ring (bicyclic) bond motifs is 1. The molecule has 1 amide bonds. The Bertz CT molecular complexity index is 1150. The lowest BCUT2D eigenvalue weighted by Gasteiger charge is -2.36. The van der Waals surface area contributed by atoms with Gasteiger partial charge in [-0.25, -0.2) is 0 Å². The third-order valence-electron chi connectivity index (χ3n) is 5.87. The highest BCUT2D eigenvalue weighted by atomic mass is 35.5. The monoisotopic (exact) mass is 543 g/mol. The van der Waals surface area contributed by atoms with Crippen LogP contribution < -0.4 is 15.0 Å². The van der Waals surface area contributed by atoms with Crippen molar-refractivity contribution in [2.45, 2.75) is 25.7 Å². The molecule has 0 spiro atoms. The molecule has 0 bridgehead atoms. The van der Waals surface area contributed by atoms with Gasteiger partial charge in [0.2, 0.25) is 5.91 Å². The molecule has 2 heterocycles. The summed E-state index contributed by atoms with van der Waals surface area (Å²) >= 11 is 12.4. The fourth-order valence-electron chi connectivity index (χ4n) is 4.05. The van der Waals surface area contributed by atoms with Gasteiger partial charge >= 0.3 is 10.6 Å². The van der Waals surface area contributed by atoms with Crippen LogP contribution in [0.25, 0.3) is 0 Å². The van der Waals surface area contributed by atoms with Crippen molar-refractivity contribution < 1.29 is 27.3 Å². The van der Waals surface area contributed by atoms with Crippen LogP contribution in [0.2, 0.25) is 10.0 Å². The van der Waals surface area contributed by atoms with Gasteiger partial charge in [0, 0.05) is 44.4 Å². The first kappa shape index (κ1) is 27.1. The summed E-state index contributed by atoms with van der Waals surface area (Å²) in [4.78, 5) is 16.2. The molecule has 35 heavy (non-hydrogen) atoms. The summed E-state index contributed by atoms with van der Waals surface area (Å²) in [7, 11) is -3.11. The molecule has 0 saturated carbocycles. The van der Waals surface area contributed by atoms with Crippen LogP contribution in [0.15, 0.2) is 30.3 Å². The van der Waals surface area contributed by atoms with Crippen LogP contribution in [0, 0.1) is 0 Å². The molecule has 2 aromatic rings. The highest BCUT2D eigenvalue weighted by Gasteiger charge is 2.21. The number of benzene rings is 2. The lowest BCUT2D eigenvalue weighted by Crippen LogP contribution is -2.46. The highest BCUT2D eigenvalue weighted by Crippen LogP contribution is 2.38. The van der Waals surface area contributed by atoms with E-state index in [1.807, 2.05) is 24.3 Å². The molecule has 4 rings (SSSR count). The van der Waals surface area contributed by atoms with E-state index in [-0.39, 0.29) is 16.7 Å². The van der Waals surface area contributed by atoms with Gasteiger partial charge in [0.05, 0.1) is 17.3 Å². The summed E-state index contributed by atoms with van der Waals surface area (Å²) in [6.07, 6.45) is 3.38. The second-order valence-electron chi connectivity index (χ2n) is 8.19. The SMILES string of the molecule is O=C1CCc2ccc(OCCCCN3CCN(c4ccc(O)c(Cl)c4Cl)CC3)cc2N1.O=S(=O)=O. The summed E-state index contributed by atoms with van der Waals surface area (Å²) in [6.45, 7) is 5.35. The minimum atomic E-state index is -3.11. The molecule has 0 aromatic heterocycles. The Morgan fingerprint density at radius 2 is 1.69 bits per heavy atom. The zero-order valence-electron chi connectivity index (χ0n) is 19.0. The third kappa shape index (κ3) is 7.99. The standard InChI is InChI=1S/C23H27Cl2N3O3.O3S/c24-22-19(6-7-20(29)23(22)25)28-12-10-27(11-13-28)9-1-2-14-31-17-5-3-16-4-8-21(30)26-18(16)15-17;1-4(2)3/h3,5-7,15,29H,1-2,4,8-14H2,(H,26,30);. The molecule has 2 aliphatic rings. The van der Waals surface area contributed by atoms with Crippen molar-refractivity contribution in [1.82, 2.24) is 4.90 Å². The number of carbonyl (C=O) groups is 1. The topological polar surface area (TPSA) is 116 Å². The molecule has 0 unspecified atom stereocenters. The van der Waals surface area contributed by atoms with Crippen molar-refractivity contribution in [1.29, 1.82) is 0 Å². The summed E-state index contributed by atoms with van der Waals surface area (Å²) in [5, 5.41) is 13.2. The van der Waals surface area contributed by atoms with Crippen molar-refractivity contribution in [3.8, 4) is 11.5 Å². The third-order valence-corrected chi connectivity index (χ3v) is 6.73. The normalized spacial score (nSPS) is 15.5. The van der Waals surface area contributed by atoms with Gasteiger partial charge in [0.25, 0.3) is 0 Å². The number of amides is 1. The smallest absolute Gasteiger partial charge is 0.425 e. The zero-order valence-corrected chi connectivity index (χ0v) is 21.3. The Balaban J connectivity index is 0.000000795. The molecule has 0 atom stereocenters. The molecule has 0 aliphatic carbocycles. The van der Waals surface area contributed by atoms with E-state index in [1.54, 1.807) is 6.07 Å². The van der Waals surface area contributed by atoms with Crippen molar-refractivity contribution in [3.63, 3.8) is 0 Å². The van der Waals surface area contributed by atoms with Crippen LogP contribution in [0.4, 0.5) is 11.4 Å². The Morgan fingerprint density at radius 3 is 2.40 bits per heavy atom. The summed E-state index contributed by atoms with van der Waals surface area (Å²) < 4.78 is 31.2. The van der Waals surface area contributed by atoms with E-state index < -0.39 is 10.6 Å². The van der Waals surface area contributed by atoms with Crippen LogP contribution in [-0.4, -0.2) is 67.9 Å². The van der Waals surface area contributed by atoms with Crippen LogP contribution in [0.5, 0.6) is 11.5 Å². The number of piperazine rings is 1. The number of carbonyl (C=O) groups excluding carboxylic acids is 1. The molecule has 12 heteroatoms. The number of halogens is 2. The Morgan fingerprint density at radius 1 is 0.971 bits per heavy atom. The van der Waals surface area contributed by atoms with E-state index in [9.17, 15) is 9.90 Å². The van der Waals surface area contributed by atoms with Crippen molar-refractivity contribution in [2.75, 3.05) is 49.5 Å². The first-order valence-electron chi connectivity index (χ1n) is 11.2. The Kier molecular flexibility index (Phi) is 10.0. The molecular weight excluding hydrogens is 517 g/mol. The fourth-order valence-corrected chi connectivity index (χ4v) is 4.49. The van der Waals surface area contributed by atoms with E-state index in [2.05, 4.69) is 15.1 Å². The number of ether oxygens (including phenoxy) is 1. The predicted molar refractivity (Wildman–Crippen MR) is 135 cm³/mol. The number of aromatic hydroxyl groups is 1. The number of phenolic OH excluding ortho intramolecular Hbond substituents is 1. The predicted octanol–water partition coefficient (Wildman–Crippen LogP) is 3.56. The number of anilines is 2. The molecule has 0 radical (unpaired) electrons. The van der Waals surface area contributed by atoms with Gasteiger partial charge in [-0.2, -0.15) is 0 Å². The average Bonchev–Trinajstić information content (AvgIpc) is 2.82. The molecule has 2 aliphatic heterocycles. The van der Waals surface area contributed by atoms with Gasteiger partial charge in [-0.15, -0.1) is 12.6 Å². The molecule has 1 fully saturated rings. The maximum atomic E-state index is 11.6. The van der Waals surface area contributed by atoms with Gasteiger partial charge < -0.3 is 20.1 Å². The van der Waals surface area contributed by atoms with E-state index in [0.717, 1.165) is 69.1 Å². The molecule has 190 valence electrons. The number of hydrogen-bond donors (Lipinski definition) is 2. The van der Waals surface area contributed by atoms with Crippen LogP contribution in [0.1, 0.15) is 24.8 Å². The van der Waals surface area contributed by atoms with E-state index >= 15 is 0 Å². The number of nitrogens with one attached hydrogen (secondary N) is 1. The Hall–Kier alpha value is -2.53. The van der Waals surface area contributed by atoms with Crippen LogP contribution in [-0.2, 0) is 21.8 Å². The van der Waals surface area contributed by atoms with Gasteiger partial charge in [-0.3, -0.25) is 9.69 Å². The number of phenols is 1. The molecule has 2 aromatic carbocycles. The van der Waals surface area contributed by atoms with Crippen molar-refractivity contribution >= 4 is 51.1 Å². The minimum Gasteiger partial charge on any atom is -0.506 e. The van der Waals surface area contributed by atoms with Gasteiger partial charge in [-0.05, 0) is 49.6 Å². The largest absolute Gasteiger partial charge is 0.506 e. The average molecular weight is 544 g/mol. The van der Waals surface area contributed by atoms with Gasteiger partial charge in [0.15, 0.2) is 0 Å². The second-order valence-corrected chi connectivity index (χ2v) is 9.35. The Labute approximate surface area is 215 Å². The van der Waals surface area contributed by atoms with Crippen LogP contribution >= 0.6 is 23.2 Å². The maximum Gasteiger partial charge on any atom is 0.425 e. The first-order chi connectivity index (χ1) is 16.7. The van der Waals surface area contributed by atoms with Gasteiger partial charge in [-0.1, -0.05) is 29.3 Å². The van der Waals surface area contributed by atoms with Gasteiger partial charge in [0.1, 0.15) is 16.5 Å². The van der Waals surface area contributed by atoms with Crippen molar-refractivity contribution in [3.05, 3.63) is 45.9 Å². The molecule has 2 N–H and O–H groups in total. The van der Waals surface area contributed by atoms with Crippen molar-refractivity contribution in [2.24, 2.45) is 0 Å². The molecular formula is C23H27Cl2N3O6S. The molecule has 1 saturated heterocycles. The number of aryl methyl sites for hydroxylation is 1. The number of rotatable bonds is 7. The van der Waals surface area contributed by atoms with E-state index in [0.29, 0.717) is 18.1 Å². The minimum absolute atomic E-state index is 0.0106. The summed E-state index contributed by atoms with van der Waals surface area (Å²) in [6, 6.07) is 9.36. The summed E-state index contributed by atoms with van der Waals surface area (Å²) in [5.41, 5.74) is 2.92. The van der Waals surface area contributed by atoms with E-state index in [4.69, 9.17) is 40.6 Å².